The van der Waals surface area contributed by atoms with E-state index < -0.39 is 22.0 Å². The summed E-state index contributed by atoms with van der Waals surface area (Å²) in [6, 6.07) is 3.49. The third kappa shape index (κ3) is 2.79. The Morgan fingerprint density at radius 1 is 1.28 bits per heavy atom. The molecule has 1 saturated heterocycles. The zero-order valence-electron chi connectivity index (χ0n) is 10.2. The highest BCUT2D eigenvalue weighted by Gasteiger charge is 2.38. The van der Waals surface area contributed by atoms with E-state index in [0.717, 1.165) is 11.1 Å². The van der Waals surface area contributed by atoms with Gasteiger partial charge in [0.2, 0.25) is 0 Å². The summed E-state index contributed by atoms with van der Waals surface area (Å²) in [7, 11) is -3.19. The van der Waals surface area contributed by atoms with Crippen molar-refractivity contribution in [3.63, 3.8) is 0 Å². The van der Waals surface area contributed by atoms with Crippen molar-refractivity contribution < 1.29 is 18.3 Å². The largest absolute Gasteiger partial charge is 0.487 e. The van der Waals surface area contributed by atoms with Gasteiger partial charge in [0.25, 0.3) is 0 Å². The second kappa shape index (κ2) is 4.72. The van der Waals surface area contributed by atoms with E-state index >= 15 is 0 Å². The summed E-state index contributed by atoms with van der Waals surface area (Å²) in [6.07, 6.45) is -1.67. The van der Waals surface area contributed by atoms with Crippen LogP contribution in [-0.2, 0) is 9.84 Å². The summed E-state index contributed by atoms with van der Waals surface area (Å²) < 4.78 is 28.3. The molecule has 0 aliphatic carbocycles. The number of hydrogen-bond donors (Lipinski definition) is 1. The minimum absolute atomic E-state index is 0.144. The number of hydrogen-bond acceptors (Lipinski definition) is 4. The summed E-state index contributed by atoms with van der Waals surface area (Å²) in [5.41, 5.74) is 1.73. The first-order chi connectivity index (χ1) is 8.28. The van der Waals surface area contributed by atoms with Crippen molar-refractivity contribution in [1.82, 2.24) is 0 Å². The van der Waals surface area contributed by atoms with E-state index in [0.29, 0.717) is 10.8 Å². The third-order valence-corrected chi connectivity index (χ3v) is 5.25. The third-order valence-electron chi connectivity index (χ3n) is 2.97. The van der Waals surface area contributed by atoms with Crippen molar-refractivity contribution in [2.75, 3.05) is 11.5 Å². The van der Waals surface area contributed by atoms with Gasteiger partial charge in [-0.25, -0.2) is 8.42 Å². The molecule has 1 aliphatic rings. The molecule has 1 N–H and O–H groups in total. The topological polar surface area (TPSA) is 63.6 Å². The molecule has 2 atom stereocenters. The molecule has 1 fully saturated rings. The van der Waals surface area contributed by atoms with E-state index in [2.05, 4.69) is 0 Å². The number of benzene rings is 1. The standard InChI is InChI=1S/C12H15ClO4S/c1-7-3-9(4-8(2)12(7)13)17-11-6-18(15,16)5-10(11)14/h3-4,10-11,14H,5-6H2,1-2H3. The van der Waals surface area contributed by atoms with Gasteiger partial charge >= 0.3 is 0 Å². The fourth-order valence-corrected chi connectivity index (χ4v) is 3.83. The SMILES string of the molecule is Cc1cc(OC2CS(=O)(=O)CC2O)cc(C)c1Cl. The molecule has 1 aromatic rings. The fraction of sp³-hybridized carbons (Fsp3) is 0.500. The molecule has 2 unspecified atom stereocenters. The molecule has 1 aromatic carbocycles. The van der Waals surface area contributed by atoms with Gasteiger partial charge in [0.15, 0.2) is 9.84 Å². The Morgan fingerprint density at radius 3 is 2.28 bits per heavy atom. The van der Waals surface area contributed by atoms with E-state index in [1.54, 1.807) is 12.1 Å². The van der Waals surface area contributed by atoms with Crippen LogP contribution >= 0.6 is 11.6 Å². The maximum absolute atomic E-state index is 11.4. The molecule has 1 aliphatic heterocycles. The molecule has 0 spiro atoms. The minimum atomic E-state index is -3.19. The Hall–Kier alpha value is -0.780. The normalized spacial score (nSPS) is 26.2. The van der Waals surface area contributed by atoms with Gasteiger partial charge in [-0.2, -0.15) is 0 Å². The smallest absolute Gasteiger partial charge is 0.156 e. The number of halogens is 1. The summed E-state index contributed by atoms with van der Waals surface area (Å²) in [4.78, 5) is 0. The van der Waals surface area contributed by atoms with Gasteiger partial charge in [0, 0.05) is 5.02 Å². The van der Waals surface area contributed by atoms with Crippen LogP contribution in [0, 0.1) is 13.8 Å². The van der Waals surface area contributed by atoms with Gasteiger partial charge in [-0.05, 0) is 37.1 Å². The van der Waals surface area contributed by atoms with Crippen LogP contribution in [0.3, 0.4) is 0 Å². The van der Waals surface area contributed by atoms with E-state index in [9.17, 15) is 13.5 Å². The van der Waals surface area contributed by atoms with Crippen LogP contribution in [0.1, 0.15) is 11.1 Å². The number of aliphatic hydroxyl groups excluding tert-OH is 1. The Kier molecular flexibility index (Phi) is 3.58. The van der Waals surface area contributed by atoms with Crippen LogP contribution in [0.2, 0.25) is 5.02 Å². The van der Waals surface area contributed by atoms with Gasteiger partial charge in [-0.15, -0.1) is 0 Å². The van der Waals surface area contributed by atoms with Gasteiger partial charge < -0.3 is 9.84 Å². The molecule has 4 nitrogen and oxygen atoms in total. The van der Waals surface area contributed by atoms with Crippen molar-refractivity contribution in [2.24, 2.45) is 0 Å². The van der Waals surface area contributed by atoms with E-state index in [4.69, 9.17) is 16.3 Å². The van der Waals surface area contributed by atoms with Gasteiger partial charge in [-0.1, -0.05) is 11.6 Å². The van der Waals surface area contributed by atoms with E-state index in [1.165, 1.54) is 0 Å². The first-order valence-electron chi connectivity index (χ1n) is 5.60. The molecule has 1 heterocycles. The predicted octanol–water partition coefficient (Wildman–Crippen LogP) is 1.49. The van der Waals surface area contributed by atoms with Crippen molar-refractivity contribution in [2.45, 2.75) is 26.1 Å². The number of aliphatic hydroxyl groups is 1. The molecular weight excluding hydrogens is 276 g/mol. The maximum Gasteiger partial charge on any atom is 0.156 e. The average Bonchev–Trinajstić information content (AvgIpc) is 2.48. The predicted molar refractivity (Wildman–Crippen MR) is 70.0 cm³/mol. The zero-order chi connectivity index (χ0) is 13.5. The number of rotatable bonds is 2. The summed E-state index contributed by atoms with van der Waals surface area (Å²) in [5, 5.41) is 10.3. The second-order valence-corrected chi connectivity index (χ2v) is 7.20. The van der Waals surface area contributed by atoms with Gasteiger partial charge in [0.05, 0.1) is 11.5 Å². The van der Waals surface area contributed by atoms with E-state index in [1.807, 2.05) is 13.8 Å². The van der Waals surface area contributed by atoms with Crippen molar-refractivity contribution in [3.05, 3.63) is 28.3 Å². The van der Waals surface area contributed by atoms with Gasteiger partial charge in [-0.3, -0.25) is 0 Å². The Balaban J connectivity index is 2.20. The summed E-state index contributed by atoms with van der Waals surface area (Å²) in [5.74, 6) is 0.161. The number of sulfone groups is 1. The number of ether oxygens (including phenoxy) is 1. The van der Waals surface area contributed by atoms with Crippen molar-refractivity contribution in [3.8, 4) is 5.75 Å². The Morgan fingerprint density at radius 2 is 1.83 bits per heavy atom. The van der Waals surface area contributed by atoms with Crippen LogP contribution in [0.15, 0.2) is 12.1 Å². The molecule has 0 aromatic heterocycles. The first-order valence-corrected chi connectivity index (χ1v) is 7.80. The molecule has 0 saturated carbocycles. The zero-order valence-corrected chi connectivity index (χ0v) is 11.8. The minimum Gasteiger partial charge on any atom is -0.487 e. The molecule has 0 radical (unpaired) electrons. The fourth-order valence-electron chi connectivity index (χ4n) is 2.06. The van der Waals surface area contributed by atoms with Gasteiger partial charge in [0.1, 0.15) is 18.0 Å². The quantitative estimate of drug-likeness (QED) is 0.896. The van der Waals surface area contributed by atoms with Crippen LogP contribution in [0.4, 0.5) is 0 Å². The lowest BCUT2D eigenvalue weighted by Crippen LogP contribution is -2.29. The highest BCUT2D eigenvalue weighted by molar-refractivity contribution is 7.91. The monoisotopic (exact) mass is 290 g/mol. The van der Waals surface area contributed by atoms with Crippen LogP contribution in [-0.4, -0.2) is 37.2 Å². The molecule has 18 heavy (non-hydrogen) atoms. The Labute approximate surface area is 111 Å². The molecular formula is C12H15ClO4S. The second-order valence-electron chi connectivity index (χ2n) is 4.67. The van der Waals surface area contributed by atoms with Crippen LogP contribution in [0.25, 0.3) is 0 Å². The highest BCUT2D eigenvalue weighted by atomic mass is 35.5. The van der Waals surface area contributed by atoms with Crippen LogP contribution < -0.4 is 4.74 Å². The lowest BCUT2D eigenvalue weighted by Gasteiger charge is -2.17. The van der Waals surface area contributed by atoms with Crippen LogP contribution in [0.5, 0.6) is 5.75 Å². The molecule has 100 valence electrons. The molecule has 0 bridgehead atoms. The molecule has 2 rings (SSSR count). The molecule has 6 heteroatoms. The average molecular weight is 291 g/mol. The summed E-state index contributed by atoms with van der Waals surface area (Å²) >= 11 is 6.04. The Bertz CT molecular complexity index is 544. The summed E-state index contributed by atoms with van der Waals surface area (Å²) in [6.45, 7) is 3.70. The van der Waals surface area contributed by atoms with Crippen molar-refractivity contribution in [1.29, 1.82) is 0 Å². The lowest BCUT2D eigenvalue weighted by atomic mass is 10.1. The maximum atomic E-state index is 11.4. The highest BCUT2D eigenvalue weighted by Crippen LogP contribution is 2.28. The lowest BCUT2D eigenvalue weighted by molar-refractivity contribution is 0.0737. The number of aryl methyl sites for hydroxylation is 2. The van der Waals surface area contributed by atoms with Crippen molar-refractivity contribution >= 4 is 21.4 Å². The molecule has 0 amide bonds. The first kappa shape index (κ1) is 13.6. The van der Waals surface area contributed by atoms with E-state index in [-0.39, 0.29) is 11.5 Å².